The van der Waals surface area contributed by atoms with Gasteiger partial charge < -0.3 is 19.5 Å². The Balaban J connectivity index is 2.09. The van der Waals surface area contributed by atoms with E-state index in [1.54, 1.807) is 18.3 Å². The van der Waals surface area contributed by atoms with Crippen LogP contribution in [0.4, 0.5) is 5.82 Å². The van der Waals surface area contributed by atoms with Gasteiger partial charge in [-0.2, -0.15) is 0 Å². The average Bonchev–Trinajstić information content (AvgIpc) is 2.53. The van der Waals surface area contributed by atoms with Crippen LogP contribution < -0.4 is 4.90 Å². The second kappa shape index (κ2) is 5.57. The molecule has 1 aromatic carbocycles. The summed E-state index contributed by atoms with van der Waals surface area (Å²) >= 11 is 0. The van der Waals surface area contributed by atoms with Crippen LogP contribution in [0, 0.1) is 0 Å². The highest BCUT2D eigenvalue weighted by Crippen LogP contribution is 2.29. The van der Waals surface area contributed by atoms with E-state index < -0.39 is 6.04 Å². The van der Waals surface area contributed by atoms with Crippen LogP contribution in [0.5, 0.6) is 5.75 Å². The van der Waals surface area contributed by atoms with Crippen LogP contribution in [0.15, 0.2) is 30.5 Å². The number of carbonyl (C=O) groups excluding carboxylic acids is 1. The molecule has 0 aliphatic carbocycles. The molecule has 0 saturated carbocycles. The molecule has 1 fully saturated rings. The Kier molecular flexibility index (Phi) is 3.62. The van der Waals surface area contributed by atoms with Crippen molar-refractivity contribution in [2.75, 3.05) is 31.8 Å². The van der Waals surface area contributed by atoms with Crippen molar-refractivity contribution in [2.45, 2.75) is 6.04 Å². The highest BCUT2D eigenvalue weighted by Gasteiger charge is 2.32. The molecule has 1 aliphatic rings. The second-order valence-corrected chi connectivity index (χ2v) is 4.85. The number of methoxy groups -OCH3 is 1. The van der Waals surface area contributed by atoms with E-state index in [1.165, 1.54) is 7.11 Å². The van der Waals surface area contributed by atoms with Gasteiger partial charge in [-0.05, 0) is 23.6 Å². The number of carbonyl (C=O) groups is 1. The van der Waals surface area contributed by atoms with Crippen molar-refractivity contribution in [3.05, 3.63) is 30.5 Å². The third-order valence-corrected chi connectivity index (χ3v) is 3.60. The van der Waals surface area contributed by atoms with E-state index in [1.807, 2.05) is 17.0 Å². The molecule has 21 heavy (non-hydrogen) atoms. The molecule has 6 nitrogen and oxygen atoms in total. The van der Waals surface area contributed by atoms with Crippen molar-refractivity contribution in [2.24, 2.45) is 0 Å². The quantitative estimate of drug-likeness (QED) is 0.840. The van der Waals surface area contributed by atoms with Gasteiger partial charge in [0.15, 0.2) is 6.04 Å². The molecule has 0 spiro atoms. The van der Waals surface area contributed by atoms with Gasteiger partial charge in [-0.1, -0.05) is 6.07 Å². The van der Waals surface area contributed by atoms with Crippen molar-refractivity contribution < 1.29 is 19.4 Å². The van der Waals surface area contributed by atoms with Crippen LogP contribution in [-0.2, 0) is 14.3 Å². The number of benzene rings is 1. The lowest BCUT2D eigenvalue weighted by Crippen LogP contribution is -2.51. The summed E-state index contributed by atoms with van der Waals surface area (Å²) in [6.07, 6.45) is 1.69. The van der Waals surface area contributed by atoms with E-state index in [0.717, 1.165) is 10.8 Å². The summed E-state index contributed by atoms with van der Waals surface area (Å²) in [4.78, 5) is 18.2. The number of aromatic hydroxyl groups is 1. The van der Waals surface area contributed by atoms with Gasteiger partial charge in [-0.3, -0.25) is 0 Å². The van der Waals surface area contributed by atoms with Crippen molar-refractivity contribution >= 4 is 22.6 Å². The molecule has 1 N–H and O–H groups in total. The van der Waals surface area contributed by atoms with Crippen LogP contribution in [0.3, 0.4) is 0 Å². The van der Waals surface area contributed by atoms with Gasteiger partial charge in [0.05, 0.1) is 20.3 Å². The number of hydrogen-bond acceptors (Lipinski definition) is 6. The van der Waals surface area contributed by atoms with Crippen LogP contribution in [0.2, 0.25) is 0 Å². The van der Waals surface area contributed by atoms with E-state index in [0.29, 0.717) is 19.0 Å². The summed E-state index contributed by atoms with van der Waals surface area (Å²) < 4.78 is 10.2. The van der Waals surface area contributed by atoms with Gasteiger partial charge in [0.1, 0.15) is 11.6 Å². The number of aromatic nitrogens is 1. The molecule has 1 saturated heterocycles. The lowest BCUT2D eigenvalue weighted by atomic mass is 10.1. The van der Waals surface area contributed by atoms with Gasteiger partial charge in [0, 0.05) is 18.1 Å². The molecule has 6 heteroatoms. The fraction of sp³-hybridized carbons (Fsp3) is 0.333. The molecule has 110 valence electrons. The first-order chi connectivity index (χ1) is 10.2. The van der Waals surface area contributed by atoms with Crippen molar-refractivity contribution in [3.63, 3.8) is 0 Å². The fourth-order valence-corrected chi connectivity index (χ4v) is 2.56. The lowest BCUT2D eigenvalue weighted by molar-refractivity contribution is -0.144. The Bertz CT molecular complexity index is 674. The number of rotatable bonds is 2. The predicted octanol–water partition coefficient (Wildman–Crippen LogP) is 1.32. The summed E-state index contributed by atoms with van der Waals surface area (Å²) in [6, 6.07) is 6.45. The van der Waals surface area contributed by atoms with E-state index in [4.69, 9.17) is 9.47 Å². The third kappa shape index (κ3) is 2.50. The van der Waals surface area contributed by atoms with Crippen LogP contribution in [0.1, 0.15) is 0 Å². The normalized spacial score (nSPS) is 18.7. The predicted molar refractivity (Wildman–Crippen MR) is 77.4 cm³/mol. The molecule has 0 bridgehead atoms. The Labute approximate surface area is 121 Å². The zero-order chi connectivity index (χ0) is 14.8. The molecule has 2 heterocycles. The first-order valence-electron chi connectivity index (χ1n) is 6.70. The molecule has 2 aromatic rings. The summed E-state index contributed by atoms with van der Waals surface area (Å²) in [5.74, 6) is 0.468. The van der Waals surface area contributed by atoms with Crippen LogP contribution in [0.25, 0.3) is 10.8 Å². The average molecular weight is 288 g/mol. The number of esters is 1. The minimum atomic E-state index is -0.524. The molecule has 0 amide bonds. The number of pyridine rings is 1. The number of anilines is 1. The second-order valence-electron chi connectivity index (χ2n) is 4.85. The van der Waals surface area contributed by atoms with E-state index in [9.17, 15) is 9.90 Å². The van der Waals surface area contributed by atoms with Crippen molar-refractivity contribution in [3.8, 4) is 5.75 Å². The molecule has 3 rings (SSSR count). The molecule has 1 aromatic heterocycles. The van der Waals surface area contributed by atoms with E-state index in [2.05, 4.69) is 4.98 Å². The molecule has 0 radical (unpaired) electrons. The topological polar surface area (TPSA) is 71.9 Å². The highest BCUT2D eigenvalue weighted by molar-refractivity contribution is 5.95. The molecular weight excluding hydrogens is 272 g/mol. The Hall–Kier alpha value is -2.34. The Morgan fingerprint density at radius 2 is 2.33 bits per heavy atom. The SMILES string of the molecule is COC(=O)C1COCCN1c1nccc2ccc(O)cc12. The van der Waals surface area contributed by atoms with Gasteiger partial charge in [-0.25, -0.2) is 9.78 Å². The summed E-state index contributed by atoms with van der Waals surface area (Å²) in [7, 11) is 1.36. The summed E-state index contributed by atoms with van der Waals surface area (Å²) in [6.45, 7) is 1.33. The van der Waals surface area contributed by atoms with E-state index in [-0.39, 0.29) is 18.3 Å². The van der Waals surface area contributed by atoms with Crippen molar-refractivity contribution in [1.29, 1.82) is 0 Å². The Morgan fingerprint density at radius 1 is 1.48 bits per heavy atom. The number of nitrogens with zero attached hydrogens (tertiary/aromatic N) is 2. The standard InChI is InChI=1S/C15H16N2O4/c1-20-15(19)13-9-21-7-6-17(13)14-12-8-11(18)3-2-10(12)4-5-16-14/h2-5,8,13,18H,6-7,9H2,1H3. The number of fused-ring (bicyclic) bond motifs is 1. The number of phenols is 1. The summed E-state index contributed by atoms with van der Waals surface area (Å²) in [5, 5.41) is 11.5. The maximum Gasteiger partial charge on any atom is 0.330 e. The minimum absolute atomic E-state index is 0.166. The van der Waals surface area contributed by atoms with E-state index >= 15 is 0 Å². The molecule has 1 unspecified atom stereocenters. The minimum Gasteiger partial charge on any atom is -0.508 e. The van der Waals surface area contributed by atoms with Crippen LogP contribution >= 0.6 is 0 Å². The smallest absolute Gasteiger partial charge is 0.330 e. The first kappa shape index (κ1) is 13.6. The van der Waals surface area contributed by atoms with Crippen molar-refractivity contribution in [1.82, 2.24) is 4.98 Å². The number of phenolic OH excluding ortho intramolecular Hbond substituents is 1. The molecular formula is C15H16N2O4. The van der Waals surface area contributed by atoms with Gasteiger partial charge in [0.25, 0.3) is 0 Å². The largest absolute Gasteiger partial charge is 0.508 e. The highest BCUT2D eigenvalue weighted by atomic mass is 16.5. The zero-order valence-electron chi connectivity index (χ0n) is 11.7. The zero-order valence-corrected chi connectivity index (χ0v) is 11.7. The lowest BCUT2D eigenvalue weighted by Gasteiger charge is -2.35. The maximum atomic E-state index is 11.9. The maximum absolute atomic E-state index is 11.9. The molecule has 1 aliphatic heterocycles. The van der Waals surface area contributed by atoms with Gasteiger partial charge >= 0.3 is 5.97 Å². The number of morpholine rings is 1. The van der Waals surface area contributed by atoms with Gasteiger partial charge in [-0.15, -0.1) is 0 Å². The number of ether oxygens (including phenoxy) is 2. The van der Waals surface area contributed by atoms with Gasteiger partial charge in [0.2, 0.25) is 0 Å². The number of hydrogen-bond donors (Lipinski definition) is 1. The van der Waals surface area contributed by atoms with Crippen LogP contribution in [-0.4, -0.2) is 49.0 Å². The Morgan fingerprint density at radius 3 is 3.14 bits per heavy atom. The monoisotopic (exact) mass is 288 g/mol. The fourth-order valence-electron chi connectivity index (χ4n) is 2.56. The first-order valence-corrected chi connectivity index (χ1v) is 6.70. The summed E-state index contributed by atoms with van der Waals surface area (Å²) in [5.41, 5.74) is 0. The molecule has 1 atom stereocenters. The third-order valence-electron chi connectivity index (χ3n) is 3.60.